The second kappa shape index (κ2) is 9.01. The van der Waals surface area contributed by atoms with Crippen molar-refractivity contribution >= 4 is 53.0 Å². The van der Waals surface area contributed by atoms with Gasteiger partial charge in [0, 0.05) is 0 Å². The summed E-state index contributed by atoms with van der Waals surface area (Å²) in [7, 11) is -8.06. The van der Waals surface area contributed by atoms with Gasteiger partial charge in [-0.15, -0.1) is 6.58 Å². The van der Waals surface area contributed by atoms with Crippen LogP contribution in [-0.2, 0) is 20.0 Å². The fourth-order valence-corrected chi connectivity index (χ4v) is 8.18. The van der Waals surface area contributed by atoms with Crippen LogP contribution in [0.15, 0.2) is 132 Å². The van der Waals surface area contributed by atoms with Crippen LogP contribution in [-0.4, -0.2) is 29.4 Å². The van der Waals surface area contributed by atoms with Gasteiger partial charge in [0.15, 0.2) is 0 Å². The van der Waals surface area contributed by atoms with Crippen LogP contribution in [0.2, 0.25) is 0 Å². The van der Waals surface area contributed by atoms with Crippen molar-refractivity contribution in [1.29, 1.82) is 0 Å². The second-order valence-electron chi connectivity index (χ2n) is 9.15. The first-order valence-electron chi connectivity index (χ1n) is 12.1. The molecule has 6 nitrogen and oxygen atoms in total. The molecular weight excluding hydrogens is 516 g/mol. The lowest BCUT2D eigenvalue weighted by atomic mass is 10.1. The third-order valence-electron chi connectivity index (χ3n) is 6.90. The lowest BCUT2D eigenvalue weighted by Gasteiger charge is -2.41. The first-order chi connectivity index (χ1) is 18.3. The molecule has 0 spiro atoms. The van der Waals surface area contributed by atoms with Gasteiger partial charge in [-0.2, -0.15) is 0 Å². The molecule has 1 aliphatic rings. The highest BCUT2D eigenvalue weighted by atomic mass is 32.2. The molecule has 38 heavy (non-hydrogen) atoms. The highest BCUT2D eigenvalue weighted by Crippen LogP contribution is 2.42. The summed E-state index contributed by atoms with van der Waals surface area (Å²) >= 11 is 0. The van der Waals surface area contributed by atoms with E-state index < -0.39 is 26.1 Å². The van der Waals surface area contributed by atoms with Gasteiger partial charge in [0.05, 0.1) is 33.8 Å². The molecule has 190 valence electrons. The molecule has 5 aromatic carbocycles. The largest absolute Gasteiger partial charge is 0.265 e. The lowest BCUT2D eigenvalue weighted by Crippen LogP contribution is -2.52. The van der Waals surface area contributed by atoms with E-state index in [-0.39, 0.29) is 22.0 Å². The topological polar surface area (TPSA) is 74.8 Å². The van der Waals surface area contributed by atoms with Crippen LogP contribution in [0.3, 0.4) is 0 Å². The third kappa shape index (κ3) is 3.84. The van der Waals surface area contributed by atoms with Crippen molar-refractivity contribution in [2.45, 2.75) is 15.8 Å². The molecule has 0 bridgehead atoms. The Morgan fingerprint density at radius 2 is 1.08 bits per heavy atom. The van der Waals surface area contributed by atoms with Crippen molar-refractivity contribution in [1.82, 2.24) is 0 Å². The van der Waals surface area contributed by atoms with Crippen LogP contribution in [0.1, 0.15) is 0 Å². The van der Waals surface area contributed by atoms with Crippen LogP contribution < -0.4 is 8.61 Å². The number of sulfonamides is 2. The maximum Gasteiger partial charge on any atom is 0.265 e. The Balaban J connectivity index is 1.48. The molecule has 0 unspecified atom stereocenters. The Kier molecular flexibility index (Phi) is 5.74. The molecule has 0 aliphatic carbocycles. The van der Waals surface area contributed by atoms with E-state index >= 15 is 0 Å². The van der Waals surface area contributed by atoms with E-state index in [0.717, 1.165) is 21.5 Å². The van der Waals surface area contributed by atoms with E-state index in [1.807, 2.05) is 48.5 Å². The van der Waals surface area contributed by atoms with Gasteiger partial charge in [0.25, 0.3) is 20.0 Å². The standard InChI is InChI=1S/C30H24N2O4S2/c1-2-26-21-31(37(33,34)27-17-15-22-9-3-5-11-24(22)19-27)29-13-7-8-14-30(29)32(26)38(35,36)28-18-16-23-10-4-6-12-25(23)20-28/h2-20,26H,1,21H2/t26-/m1/s1. The van der Waals surface area contributed by atoms with Crippen molar-refractivity contribution in [3.05, 3.63) is 122 Å². The predicted octanol–water partition coefficient (Wildman–Crippen LogP) is 5.95. The van der Waals surface area contributed by atoms with Gasteiger partial charge < -0.3 is 0 Å². The summed E-state index contributed by atoms with van der Waals surface area (Å²) in [6.07, 6.45) is 1.48. The highest BCUT2D eigenvalue weighted by Gasteiger charge is 2.41. The number of benzene rings is 5. The Morgan fingerprint density at radius 3 is 1.63 bits per heavy atom. The van der Waals surface area contributed by atoms with E-state index in [9.17, 15) is 16.8 Å². The van der Waals surface area contributed by atoms with Gasteiger partial charge in [0.2, 0.25) is 0 Å². The fourth-order valence-electron chi connectivity index (χ4n) is 4.98. The smallest absolute Gasteiger partial charge is 0.262 e. The minimum atomic E-state index is -4.05. The number of nitrogens with zero attached hydrogens (tertiary/aromatic N) is 2. The van der Waals surface area contributed by atoms with Crippen LogP contribution in [0.5, 0.6) is 0 Å². The summed E-state index contributed by atoms with van der Waals surface area (Å²) in [5.41, 5.74) is 0.573. The maximum atomic E-state index is 14.0. The van der Waals surface area contributed by atoms with E-state index in [1.165, 1.54) is 14.7 Å². The van der Waals surface area contributed by atoms with E-state index in [0.29, 0.717) is 5.69 Å². The van der Waals surface area contributed by atoms with Crippen molar-refractivity contribution in [3.8, 4) is 0 Å². The van der Waals surface area contributed by atoms with Gasteiger partial charge in [-0.3, -0.25) is 8.61 Å². The zero-order chi connectivity index (χ0) is 26.5. The molecule has 0 amide bonds. The third-order valence-corrected chi connectivity index (χ3v) is 10.5. The number of anilines is 2. The van der Waals surface area contributed by atoms with Gasteiger partial charge in [-0.05, 0) is 57.9 Å². The highest BCUT2D eigenvalue weighted by molar-refractivity contribution is 7.93. The van der Waals surface area contributed by atoms with Crippen molar-refractivity contribution in [2.24, 2.45) is 0 Å². The molecule has 8 heteroatoms. The lowest BCUT2D eigenvalue weighted by molar-refractivity contribution is 0.573. The molecule has 0 saturated carbocycles. The Hall–Kier alpha value is -4.14. The number of hydrogen-bond acceptors (Lipinski definition) is 4. The van der Waals surface area contributed by atoms with Crippen LogP contribution in [0.4, 0.5) is 11.4 Å². The summed E-state index contributed by atoms with van der Waals surface area (Å²) in [4.78, 5) is 0.267. The van der Waals surface area contributed by atoms with Gasteiger partial charge in [0.1, 0.15) is 0 Å². The average molecular weight is 541 g/mol. The van der Waals surface area contributed by atoms with E-state index in [2.05, 4.69) is 6.58 Å². The normalized spacial score (nSPS) is 15.9. The zero-order valence-corrected chi connectivity index (χ0v) is 21.9. The number of fused-ring (bicyclic) bond motifs is 3. The molecular formula is C30H24N2O4S2. The molecule has 0 radical (unpaired) electrons. The predicted molar refractivity (Wildman–Crippen MR) is 153 cm³/mol. The molecule has 0 aromatic heterocycles. The quantitative estimate of drug-likeness (QED) is 0.258. The molecule has 0 fully saturated rings. The molecule has 0 saturated heterocycles. The van der Waals surface area contributed by atoms with Crippen LogP contribution in [0, 0.1) is 0 Å². The van der Waals surface area contributed by atoms with Crippen molar-refractivity contribution < 1.29 is 16.8 Å². The Bertz CT molecular complexity index is 1940. The van der Waals surface area contributed by atoms with E-state index in [4.69, 9.17) is 0 Å². The molecule has 0 N–H and O–H groups in total. The first-order valence-corrected chi connectivity index (χ1v) is 14.9. The summed E-state index contributed by atoms with van der Waals surface area (Å²) in [5.74, 6) is 0. The number of rotatable bonds is 5. The number of hydrogen-bond donors (Lipinski definition) is 0. The van der Waals surface area contributed by atoms with Gasteiger partial charge in [-0.25, -0.2) is 16.8 Å². The summed E-state index contributed by atoms with van der Waals surface area (Å²) < 4.78 is 58.6. The second-order valence-corrected chi connectivity index (χ2v) is 12.8. The molecule has 1 heterocycles. The van der Waals surface area contributed by atoms with Gasteiger partial charge in [-0.1, -0.05) is 78.9 Å². The monoisotopic (exact) mass is 540 g/mol. The zero-order valence-electron chi connectivity index (χ0n) is 20.3. The average Bonchev–Trinajstić information content (AvgIpc) is 2.95. The van der Waals surface area contributed by atoms with Crippen molar-refractivity contribution in [3.63, 3.8) is 0 Å². The minimum Gasteiger partial charge on any atom is -0.262 e. The maximum absolute atomic E-state index is 14.0. The minimum absolute atomic E-state index is 0.109. The summed E-state index contributed by atoms with van der Waals surface area (Å²) in [5, 5.41) is 3.47. The molecule has 6 rings (SSSR count). The summed E-state index contributed by atoms with van der Waals surface area (Å²) in [6.45, 7) is 3.76. The fraction of sp³-hybridized carbons (Fsp3) is 0.0667. The Labute approximate surface area is 222 Å². The van der Waals surface area contributed by atoms with Crippen LogP contribution >= 0.6 is 0 Å². The first kappa shape index (κ1) is 24.2. The number of para-hydroxylation sites is 2. The van der Waals surface area contributed by atoms with Crippen LogP contribution in [0.25, 0.3) is 21.5 Å². The Morgan fingerprint density at radius 1 is 0.605 bits per heavy atom. The summed E-state index contributed by atoms with van der Waals surface area (Å²) in [6, 6.07) is 30.9. The molecule has 1 aliphatic heterocycles. The van der Waals surface area contributed by atoms with Crippen molar-refractivity contribution in [2.75, 3.05) is 15.2 Å². The van der Waals surface area contributed by atoms with E-state index in [1.54, 1.807) is 60.7 Å². The van der Waals surface area contributed by atoms with Gasteiger partial charge >= 0.3 is 0 Å². The molecule has 1 atom stereocenters. The SMILES string of the molecule is C=C[C@@H]1CN(S(=O)(=O)c2ccc3ccccc3c2)c2ccccc2N1S(=O)(=O)c1ccc2ccccc2c1. The molecule has 5 aromatic rings.